The van der Waals surface area contributed by atoms with Crippen molar-refractivity contribution < 1.29 is 24.2 Å². The number of ether oxygens (including phenoxy) is 1. The van der Waals surface area contributed by atoms with Gasteiger partial charge in [0.1, 0.15) is 6.04 Å². The van der Waals surface area contributed by atoms with Gasteiger partial charge in [0, 0.05) is 19.1 Å². The molecule has 0 spiro atoms. The zero-order chi connectivity index (χ0) is 24.1. The minimum atomic E-state index is -0.757. The van der Waals surface area contributed by atoms with Crippen LogP contribution >= 0.6 is 11.6 Å². The predicted octanol–water partition coefficient (Wildman–Crippen LogP) is 3.58. The smallest absolute Gasteiger partial charge is 0.310 e. The van der Waals surface area contributed by atoms with E-state index < -0.39 is 29.8 Å². The molecule has 180 valence electrons. The highest BCUT2D eigenvalue weighted by molar-refractivity contribution is 6.34. The van der Waals surface area contributed by atoms with Gasteiger partial charge in [-0.3, -0.25) is 14.4 Å². The van der Waals surface area contributed by atoms with Crippen molar-refractivity contribution in [3.8, 4) is 0 Å². The summed E-state index contributed by atoms with van der Waals surface area (Å²) in [4.78, 5) is 41.5. The highest BCUT2D eigenvalue weighted by Gasteiger charge is 2.56. The van der Waals surface area contributed by atoms with Crippen molar-refractivity contribution in [1.82, 2.24) is 4.90 Å². The number of hydrogen-bond donors (Lipinski definition) is 2. The minimum Gasteiger partial charge on any atom is -0.466 e. The molecule has 33 heavy (non-hydrogen) atoms. The fourth-order valence-electron chi connectivity index (χ4n) is 4.99. The molecule has 1 aliphatic heterocycles. The number of likely N-dealkylation sites (tertiary alicyclic amines) is 1. The van der Waals surface area contributed by atoms with E-state index in [1.807, 2.05) is 38.1 Å². The van der Waals surface area contributed by atoms with Crippen molar-refractivity contribution in [2.45, 2.75) is 46.1 Å². The largest absolute Gasteiger partial charge is 0.466 e. The number of fused-ring (bicyclic) bond motifs is 1. The number of aliphatic hydroxyl groups is 1. The number of halogens is 1. The second kappa shape index (κ2) is 11.2. The quantitative estimate of drug-likeness (QED) is 0.322. The van der Waals surface area contributed by atoms with Gasteiger partial charge in [-0.05, 0) is 50.7 Å². The average Bonchev–Trinajstić information content (AvgIpc) is 3.05. The van der Waals surface area contributed by atoms with E-state index in [9.17, 15) is 14.4 Å². The number of carbonyl (C=O) groups excluding carboxylic acids is 3. The molecule has 0 radical (unpaired) electrons. The predicted molar refractivity (Wildman–Crippen MR) is 127 cm³/mol. The van der Waals surface area contributed by atoms with Crippen LogP contribution in [-0.4, -0.2) is 53.6 Å². The van der Waals surface area contributed by atoms with E-state index in [2.05, 4.69) is 5.32 Å². The van der Waals surface area contributed by atoms with Crippen LogP contribution in [0.25, 0.3) is 0 Å². The maximum atomic E-state index is 13.6. The van der Waals surface area contributed by atoms with Gasteiger partial charge in [-0.15, -0.1) is 0 Å². The monoisotopic (exact) mass is 476 g/mol. The molecule has 3 rings (SSSR count). The van der Waals surface area contributed by atoms with Crippen LogP contribution in [0.15, 0.2) is 30.4 Å². The Hall–Kier alpha value is -2.38. The van der Waals surface area contributed by atoms with Crippen LogP contribution in [0.2, 0.25) is 5.02 Å². The van der Waals surface area contributed by atoms with Gasteiger partial charge in [0.25, 0.3) is 0 Å². The van der Waals surface area contributed by atoms with E-state index in [0.717, 1.165) is 12.0 Å². The molecule has 1 fully saturated rings. The number of rotatable bonds is 9. The molecule has 2 N–H and O–H groups in total. The van der Waals surface area contributed by atoms with Crippen LogP contribution in [0.3, 0.4) is 0 Å². The molecule has 0 unspecified atom stereocenters. The van der Waals surface area contributed by atoms with Crippen LogP contribution in [0.4, 0.5) is 5.69 Å². The number of aryl methyl sites for hydroxylation is 1. The third-order valence-electron chi connectivity index (χ3n) is 6.63. The van der Waals surface area contributed by atoms with Gasteiger partial charge in [-0.1, -0.05) is 42.8 Å². The Kier molecular flexibility index (Phi) is 8.54. The molecule has 2 amide bonds. The number of aliphatic hydroxyl groups excluding tert-OH is 1. The summed E-state index contributed by atoms with van der Waals surface area (Å²) in [5.74, 6) is -2.81. The van der Waals surface area contributed by atoms with E-state index in [-0.39, 0.29) is 30.9 Å². The highest BCUT2D eigenvalue weighted by atomic mass is 35.5. The third kappa shape index (κ3) is 5.25. The van der Waals surface area contributed by atoms with E-state index >= 15 is 0 Å². The lowest BCUT2D eigenvalue weighted by Gasteiger charge is -2.32. The Morgan fingerprint density at radius 2 is 1.97 bits per heavy atom. The molecule has 0 saturated carbocycles. The third-order valence-corrected chi connectivity index (χ3v) is 6.94. The average molecular weight is 477 g/mol. The van der Waals surface area contributed by atoms with Crippen molar-refractivity contribution in [2.24, 2.45) is 23.7 Å². The maximum absolute atomic E-state index is 13.6. The number of amides is 2. The summed E-state index contributed by atoms with van der Waals surface area (Å²) < 4.78 is 5.29. The van der Waals surface area contributed by atoms with Gasteiger partial charge in [-0.2, -0.15) is 0 Å². The number of carbonyl (C=O) groups is 3. The number of para-hydroxylation sites is 1. The van der Waals surface area contributed by atoms with E-state index in [0.29, 0.717) is 30.1 Å². The van der Waals surface area contributed by atoms with Crippen LogP contribution in [0.5, 0.6) is 0 Å². The normalized spacial score (nSPS) is 26.3. The standard InChI is InChI=1S/C25H33ClN2O5/c1-4-33-25(32)19-15(2)11-12-17-20(19)24(31)28(13-6-5-7-14-29)22(17)23(30)27-21-16(3)9-8-10-18(21)26/h8-12,15,17,19-20,22,29H,4-7,13-14H2,1-3H3,(H,27,30)/t15-,17+,19-,20+,22+/m1/s1. The summed E-state index contributed by atoms with van der Waals surface area (Å²) >= 11 is 6.33. The number of unbranched alkanes of at least 4 members (excludes halogenated alkanes) is 2. The molecular formula is C25H33ClN2O5. The first kappa shape index (κ1) is 25.2. The Morgan fingerprint density at radius 3 is 2.64 bits per heavy atom. The lowest BCUT2D eigenvalue weighted by atomic mass is 9.70. The van der Waals surface area contributed by atoms with E-state index in [4.69, 9.17) is 21.4 Å². The van der Waals surface area contributed by atoms with E-state index in [1.165, 1.54) is 0 Å². The first-order chi connectivity index (χ1) is 15.8. The molecular weight excluding hydrogens is 444 g/mol. The zero-order valence-electron chi connectivity index (χ0n) is 19.4. The molecule has 1 aromatic rings. The van der Waals surface area contributed by atoms with Crippen molar-refractivity contribution in [2.75, 3.05) is 25.1 Å². The molecule has 1 saturated heterocycles. The van der Waals surface area contributed by atoms with Crippen LogP contribution < -0.4 is 5.32 Å². The van der Waals surface area contributed by atoms with Gasteiger partial charge in [0.05, 0.1) is 29.2 Å². The molecule has 0 aromatic heterocycles. The van der Waals surface area contributed by atoms with Gasteiger partial charge in [0.15, 0.2) is 0 Å². The van der Waals surface area contributed by atoms with Crippen molar-refractivity contribution in [3.05, 3.63) is 40.9 Å². The van der Waals surface area contributed by atoms with Crippen LogP contribution in [0.1, 0.15) is 38.7 Å². The number of benzene rings is 1. The minimum absolute atomic E-state index is 0.0834. The maximum Gasteiger partial charge on any atom is 0.310 e. The second-order valence-corrected chi connectivity index (χ2v) is 9.21. The number of allylic oxidation sites excluding steroid dienone is 1. The summed E-state index contributed by atoms with van der Waals surface area (Å²) in [6.45, 7) is 6.19. The number of esters is 1. The van der Waals surface area contributed by atoms with Crippen molar-refractivity contribution >= 4 is 35.1 Å². The Balaban J connectivity index is 1.93. The fourth-order valence-corrected chi connectivity index (χ4v) is 5.26. The molecule has 1 aliphatic carbocycles. The zero-order valence-corrected chi connectivity index (χ0v) is 20.2. The SMILES string of the molecule is CCOC(=O)[C@H]1[C@H]2C(=O)N(CCCCCO)[C@H](C(=O)Nc3c(C)cccc3Cl)[C@H]2C=C[C@H]1C. The lowest BCUT2D eigenvalue weighted by molar-refractivity contribution is -0.155. The summed E-state index contributed by atoms with van der Waals surface area (Å²) in [5.41, 5.74) is 1.35. The second-order valence-electron chi connectivity index (χ2n) is 8.81. The topological polar surface area (TPSA) is 95.9 Å². The molecule has 0 bridgehead atoms. The summed E-state index contributed by atoms with van der Waals surface area (Å²) in [5, 5.41) is 12.5. The molecule has 5 atom stereocenters. The van der Waals surface area contributed by atoms with Gasteiger partial charge < -0.3 is 20.1 Å². The molecule has 1 heterocycles. The van der Waals surface area contributed by atoms with Crippen molar-refractivity contribution in [1.29, 1.82) is 0 Å². The van der Waals surface area contributed by atoms with Crippen molar-refractivity contribution in [3.63, 3.8) is 0 Å². The summed E-state index contributed by atoms with van der Waals surface area (Å²) in [7, 11) is 0. The number of nitrogens with one attached hydrogen (secondary N) is 1. The Morgan fingerprint density at radius 1 is 1.21 bits per heavy atom. The Bertz CT molecular complexity index is 898. The highest BCUT2D eigenvalue weighted by Crippen LogP contribution is 2.44. The van der Waals surface area contributed by atoms with Crippen LogP contribution in [-0.2, 0) is 19.1 Å². The van der Waals surface area contributed by atoms with Crippen LogP contribution in [0, 0.1) is 30.6 Å². The number of hydrogen-bond acceptors (Lipinski definition) is 5. The number of nitrogens with zero attached hydrogens (tertiary/aromatic N) is 1. The summed E-state index contributed by atoms with van der Waals surface area (Å²) in [6, 6.07) is 4.62. The Labute approximate surface area is 200 Å². The van der Waals surface area contributed by atoms with Gasteiger partial charge in [0.2, 0.25) is 11.8 Å². The molecule has 2 aliphatic rings. The van der Waals surface area contributed by atoms with Gasteiger partial charge >= 0.3 is 5.97 Å². The molecule has 8 heteroatoms. The first-order valence-corrected chi connectivity index (χ1v) is 12.0. The molecule has 1 aromatic carbocycles. The molecule has 7 nitrogen and oxygen atoms in total. The summed E-state index contributed by atoms with van der Waals surface area (Å²) in [6.07, 6.45) is 5.84. The van der Waals surface area contributed by atoms with E-state index in [1.54, 1.807) is 17.9 Å². The lowest BCUT2D eigenvalue weighted by Crippen LogP contribution is -2.44. The fraction of sp³-hybridized carbons (Fsp3) is 0.560. The van der Waals surface area contributed by atoms with Gasteiger partial charge in [-0.25, -0.2) is 0 Å². The number of anilines is 1. The first-order valence-electron chi connectivity index (χ1n) is 11.6.